The molecule has 11 aromatic rings. The van der Waals surface area contributed by atoms with Gasteiger partial charge in [-0.2, -0.15) is 0 Å². The van der Waals surface area contributed by atoms with Gasteiger partial charge in [-0.3, -0.25) is 0 Å². The topological polar surface area (TPSA) is 99.2 Å². The molecule has 0 spiro atoms. The first kappa shape index (κ1) is 48.2. The van der Waals surface area contributed by atoms with Crippen molar-refractivity contribution in [2.75, 3.05) is 155 Å². The number of rotatable bonds is 10. The Hall–Kier alpha value is -7.70. The van der Waals surface area contributed by atoms with Crippen molar-refractivity contribution in [3.63, 3.8) is 0 Å². The molecule has 10 N–H and O–H groups in total. The van der Waals surface area contributed by atoms with Crippen LogP contribution in [-0.2, 0) is 0 Å². The van der Waals surface area contributed by atoms with Crippen LogP contribution in [0.5, 0.6) is 0 Å². The molecule has 400 valence electrons. The van der Waals surface area contributed by atoms with Crippen LogP contribution in [0.25, 0.3) is 109 Å². The summed E-state index contributed by atoms with van der Waals surface area (Å²) in [4.78, 5) is 12.8. The van der Waals surface area contributed by atoms with Crippen LogP contribution in [0.3, 0.4) is 0 Å². The number of anilines is 5. The first-order valence-electron chi connectivity index (χ1n) is 30.4. The Labute approximate surface area is 469 Å². The third-order valence-electron chi connectivity index (χ3n) is 19.2. The molecule has 0 radical (unpaired) electrons. The summed E-state index contributed by atoms with van der Waals surface area (Å²) in [7, 11) is 0. The molecule has 10 nitrogen and oxygen atoms in total. The number of nitrogens with zero attached hydrogens (tertiary/aromatic N) is 5. The molecule has 80 heavy (non-hydrogen) atoms. The van der Waals surface area contributed by atoms with E-state index in [1.54, 1.807) is 0 Å². The highest BCUT2D eigenvalue weighted by molar-refractivity contribution is 6.49. The van der Waals surface area contributed by atoms with E-state index < -0.39 is 0 Å². The largest absolute Gasteiger partial charge is 0.360 e. The maximum Gasteiger partial charge on any atom is 0.0934 e. The predicted molar refractivity (Wildman–Crippen MR) is 334 cm³/mol. The summed E-state index contributed by atoms with van der Waals surface area (Å²) in [5.74, 6) is 0. The van der Waals surface area contributed by atoms with Gasteiger partial charge in [-0.05, 0) is 200 Å². The molecular formula is C70H75N10+5. The molecule has 0 aliphatic carbocycles. The Balaban J connectivity index is 0.990. The van der Waals surface area contributed by atoms with Gasteiger partial charge >= 0.3 is 0 Å². The van der Waals surface area contributed by atoms with Crippen molar-refractivity contribution < 1.29 is 26.6 Å². The van der Waals surface area contributed by atoms with E-state index in [1.165, 1.54) is 138 Å². The van der Waals surface area contributed by atoms with E-state index >= 15 is 0 Å². The van der Waals surface area contributed by atoms with Crippen LogP contribution in [-0.4, -0.2) is 131 Å². The van der Waals surface area contributed by atoms with E-state index in [1.807, 2.05) is 0 Å². The highest BCUT2D eigenvalue weighted by Crippen LogP contribution is 2.57. The second-order valence-corrected chi connectivity index (χ2v) is 23.7. The molecule has 0 amide bonds. The van der Waals surface area contributed by atoms with Crippen molar-refractivity contribution in [2.45, 2.75) is 0 Å². The van der Waals surface area contributed by atoms with E-state index in [9.17, 15) is 0 Å². The molecule has 0 bridgehead atoms. The first-order valence-corrected chi connectivity index (χ1v) is 30.4. The van der Waals surface area contributed by atoms with Crippen LogP contribution in [0.2, 0.25) is 0 Å². The number of quaternary nitrogens is 5. The highest BCUT2D eigenvalue weighted by Gasteiger charge is 2.30. The van der Waals surface area contributed by atoms with Gasteiger partial charge in [0.1, 0.15) is 0 Å². The van der Waals surface area contributed by atoms with Crippen molar-refractivity contribution in [1.82, 2.24) is 0 Å². The van der Waals surface area contributed by atoms with Gasteiger partial charge in [0.05, 0.1) is 131 Å². The van der Waals surface area contributed by atoms with Crippen molar-refractivity contribution in [3.8, 4) is 55.6 Å². The molecule has 10 heteroatoms. The number of benzene rings is 10. The fourth-order valence-electron chi connectivity index (χ4n) is 15.0. The third-order valence-corrected chi connectivity index (χ3v) is 19.2. The molecule has 0 atom stereocenters. The van der Waals surface area contributed by atoms with E-state index in [0.717, 1.165) is 131 Å². The van der Waals surface area contributed by atoms with Crippen LogP contribution in [0.15, 0.2) is 152 Å². The molecule has 5 saturated heterocycles. The van der Waals surface area contributed by atoms with Crippen molar-refractivity contribution in [2.24, 2.45) is 0 Å². The van der Waals surface area contributed by atoms with Crippen LogP contribution in [0.4, 0.5) is 28.4 Å². The van der Waals surface area contributed by atoms with Crippen molar-refractivity contribution in [1.29, 1.82) is 0 Å². The lowest BCUT2D eigenvalue weighted by Crippen LogP contribution is -2.89. The Kier molecular flexibility index (Phi) is 12.1. The number of piperazine rings is 5. The molecule has 16 rings (SSSR count). The standard InChI is InChI=1S/C70H70N10/c1-11-51(76-31-21-71-22-32-76)12-2-46(1)56-41-62-58(48-5-15-53(16-6-48)78-35-25-73-26-36-78)43-64-60(50-9-19-55(20-10-50)80-39-29-75-30-40-80)45-65-59(49-7-17-54(18-8-49)79-37-27-74-28-38-79)44-63-57(42-61(56)66-67(62)69(64)70(65)68(63)66)47-3-13-52(14-4-47)77-33-23-72-24-34-77/h1-20,41-45,71-75H,21-40H2/p+5. The maximum absolute atomic E-state index is 2.60. The molecule has 0 saturated carbocycles. The number of hydrogen-bond acceptors (Lipinski definition) is 5. The minimum atomic E-state index is 1.08. The van der Waals surface area contributed by atoms with Gasteiger partial charge in [0.15, 0.2) is 0 Å². The van der Waals surface area contributed by atoms with E-state index in [0.29, 0.717) is 0 Å². The van der Waals surface area contributed by atoms with E-state index in [-0.39, 0.29) is 0 Å². The highest BCUT2D eigenvalue weighted by atomic mass is 15.2. The Bertz CT molecular complexity index is 3340. The lowest BCUT2D eigenvalue weighted by Gasteiger charge is -2.27. The zero-order valence-electron chi connectivity index (χ0n) is 46.2. The second-order valence-electron chi connectivity index (χ2n) is 23.7. The SMILES string of the molecule is c1cc(N2CC[NH2+]CC2)ccc1-c1cc2c(-c3ccc(N4CC[NH2+]CC4)cc3)cc3c(-c4ccc(N5CC[NH2+]CC5)cc4)cc4c(-c5ccc(N6CC[NH2+]CC6)cc5)cc5c(-c6ccc(N7CC[NH2+]CC7)cc6)cc1c1c5c4c3c21. The van der Waals surface area contributed by atoms with Gasteiger partial charge < -0.3 is 51.1 Å². The Morgan fingerprint density at radius 2 is 0.350 bits per heavy atom. The number of hydrogen-bond donors (Lipinski definition) is 5. The van der Waals surface area contributed by atoms with Gasteiger partial charge in [0.2, 0.25) is 0 Å². The average Bonchev–Trinajstić information content (AvgIpc) is 3.07. The van der Waals surface area contributed by atoms with E-state index in [4.69, 9.17) is 0 Å². The van der Waals surface area contributed by atoms with Crippen LogP contribution in [0, 0.1) is 0 Å². The normalized spacial score (nSPS) is 17.9. The molecule has 5 aliphatic heterocycles. The molecular weight excluding hydrogens is 981 g/mol. The molecule has 0 aromatic heterocycles. The quantitative estimate of drug-likeness (QED) is 0.108. The summed E-state index contributed by atoms with van der Waals surface area (Å²) >= 11 is 0. The van der Waals surface area contributed by atoms with Gasteiger partial charge in [-0.15, -0.1) is 0 Å². The van der Waals surface area contributed by atoms with E-state index in [2.05, 4.69) is 203 Å². The lowest BCUT2D eigenvalue weighted by atomic mass is 9.86. The molecule has 5 aliphatic rings. The second kappa shape index (κ2) is 20.1. The minimum Gasteiger partial charge on any atom is -0.360 e. The van der Waals surface area contributed by atoms with Gasteiger partial charge in [0.25, 0.3) is 0 Å². The zero-order chi connectivity index (χ0) is 52.7. The Morgan fingerprint density at radius 3 is 0.500 bits per heavy atom. The monoisotopic (exact) mass is 1060 g/mol. The molecule has 0 unspecified atom stereocenters. The summed E-state index contributed by atoms with van der Waals surface area (Å²) in [5, 5.41) is 25.9. The van der Waals surface area contributed by atoms with Crippen LogP contribution >= 0.6 is 0 Å². The van der Waals surface area contributed by atoms with Crippen LogP contribution < -0.4 is 51.1 Å². The lowest BCUT2D eigenvalue weighted by molar-refractivity contribution is -0.655. The maximum atomic E-state index is 2.60. The van der Waals surface area contributed by atoms with Gasteiger partial charge in [-0.25, -0.2) is 0 Å². The first-order chi connectivity index (χ1) is 39.7. The fourth-order valence-corrected chi connectivity index (χ4v) is 15.0. The smallest absolute Gasteiger partial charge is 0.0934 e. The summed E-state index contributed by atoms with van der Waals surface area (Å²) in [5.41, 5.74) is 19.5. The zero-order valence-corrected chi connectivity index (χ0v) is 46.2. The molecule has 5 heterocycles. The summed E-state index contributed by atoms with van der Waals surface area (Å²) in [6, 6.07) is 61.2. The summed E-state index contributed by atoms with van der Waals surface area (Å²) in [6.45, 7) is 22.2. The van der Waals surface area contributed by atoms with Crippen LogP contribution in [0.1, 0.15) is 0 Å². The molecule has 11 aromatic carbocycles. The minimum absolute atomic E-state index is 1.08. The Morgan fingerprint density at radius 1 is 0.200 bits per heavy atom. The van der Waals surface area contributed by atoms with Gasteiger partial charge in [0, 0.05) is 28.4 Å². The van der Waals surface area contributed by atoms with Crippen molar-refractivity contribution >= 4 is 82.3 Å². The summed E-state index contributed by atoms with van der Waals surface area (Å²) in [6.07, 6.45) is 0. The summed E-state index contributed by atoms with van der Waals surface area (Å²) < 4.78 is 0. The average molecular weight is 1060 g/mol. The van der Waals surface area contributed by atoms with Crippen molar-refractivity contribution in [3.05, 3.63) is 152 Å². The number of nitrogens with two attached hydrogens (primary N) is 5. The third kappa shape index (κ3) is 8.25. The molecule has 5 fully saturated rings. The fraction of sp³-hybridized carbons (Fsp3) is 0.286. The van der Waals surface area contributed by atoms with Gasteiger partial charge in [-0.1, -0.05) is 60.7 Å². The predicted octanol–water partition coefficient (Wildman–Crippen LogP) is 6.02.